The third-order valence-electron chi connectivity index (χ3n) is 2.09. The van der Waals surface area contributed by atoms with Crippen LogP contribution in [0.15, 0.2) is 0 Å². The molecule has 0 aromatic carbocycles. The highest BCUT2D eigenvalue weighted by Gasteiger charge is 2.31. The molecule has 0 spiro atoms. The number of rotatable bonds is 8. The molecule has 0 rings (SSSR count). The smallest absolute Gasteiger partial charge is 0.479 e. The van der Waals surface area contributed by atoms with Crippen LogP contribution >= 0.6 is 0 Å². The van der Waals surface area contributed by atoms with Crippen LogP contribution in [-0.4, -0.2) is 71.1 Å². The van der Waals surface area contributed by atoms with Crippen LogP contribution in [-0.2, 0) is 48.4 Å². The molecule has 0 saturated heterocycles. The predicted molar refractivity (Wildman–Crippen MR) is 114 cm³/mol. The standard InChI is InChI=1S/C8H14O6.C8H16O5.C4H8O3/c1-8(2,3)14-13-5(6(9)10)7(11)12-4;1-6(2)10-7(9)11-13-12-8(3,4)5;1-3(2)7-4(5)6/h5H,1-4H3,(H,9,10);6H,1-5H3;3H,1-2H3,(H,5,6). The number of carbonyl (C=O) groups is 4. The van der Waals surface area contributed by atoms with Gasteiger partial charge in [0.15, 0.2) is 0 Å². The monoisotopic (exact) mass is 502 g/mol. The second-order valence-electron chi connectivity index (χ2n) is 8.73. The average molecular weight is 503 g/mol. The van der Waals surface area contributed by atoms with Gasteiger partial charge in [-0.05, 0) is 74.3 Å². The molecule has 0 bridgehead atoms. The van der Waals surface area contributed by atoms with Crippen LogP contribution < -0.4 is 0 Å². The predicted octanol–water partition coefficient (Wildman–Crippen LogP) is 3.66. The molecule has 0 amide bonds. The van der Waals surface area contributed by atoms with Crippen molar-refractivity contribution in [2.24, 2.45) is 0 Å². The molecule has 0 aliphatic heterocycles. The van der Waals surface area contributed by atoms with E-state index in [4.69, 9.17) is 15.1 Å². The Hall–Kier alpha value is -2.68. The van der Waals surface area contributed by atoms with E-state index in [1.807, 2.05) is 0 Å². The summed E-state index contributed by atoms with van der Waals surface area (Å²) in [6.45, 7) is 17.0. The van der Waals surface area contributed by atoms with E-state index >= 15 is 0 Å². The van der Waals surface area contributed by atoms with Crippen LogP contribution in [0.2, 0.25) is 0 Å². The van der Waals surface area contributed by atoms with Crippen molar-refractivity contribution < 1.29 is 68.2 Å². The fourth-order valence-electron chi connectivity index (χ4n) is 1.04. The zero-order chi connectivity index (χ0) is 27.7. The van der Waals surface area contributed by atoms with E-state index in [2.05, 4.69) is 33.9 Å². The zero-order valence-corrected chi connectivity index (χ0v) is 21.5. The van der Waals surface area contributed by atoms with E-state index in [-0.39, 0.29) is 12.2 Å². The van der Waals surface area contributed by atoms with Gasteiger partial charge in [-0.1, -0.05) is 0 Å². The van der Waals surface area contributed by atoms with Crippen molar-refractivity contribution in [3.8, 4) is 0 Å². The topological polar surface area (TPSA) is 183 Å². The number of ether oxygens (including phenoxy) is 3. The van der Waals surface area contributed by atoms with Gasteiger partial charge in [-0.25, -0.2) is 33.8 Å². The molecule has 1 unspecified atom stereocenters. The normalized spacial score (nSPS) is 11.8. The SMILES string of the molecule is CC(C)OC(=O)O.CC(C)OC(=O)OOOC(C)(C)C.COC(=O)C(OOC(C)(C)C)C(=O)O. The molecule has 0 aromatic rings. The van der Waals surface area contributed by atoms with Gasteiger partial charge >= 0.3 is 24.2 Å². The highest BCUT2D eigenvalue weighted by Crippen LogP contribution is 2.10. The summed E-state index contributed by atoms with van der Waals surface area (Å²) in [5.74, 6) is -2.47. The minimum atomic E-state index is -1.75. The summed E-state index contributed by atoms with van der Waals surface area (Å²) < 4.78 is 13.0. The first-order valence-electron chi connectivity index (χ1n) is 9.99. The Morgan fingerprint density at radius 3 is 1.44 bits per heavy atom. The Balaban J connectivity index is -0.000000448. The second kappa shape index (κ2) is 17.8. The third-order valence-corrected chi connectivity index (χ3v) is 2.09. The summed E-state index contributed by atoms with van der Waals surface area (Å²) in [6, 6.07) is 0. The first-order valence-corrected chi connectivity index (χ1v) is 9.99. The van der Waals surface area contributed by atoms with Crippen LogP contribution in [0, 0.1) is 0 Å². The molecule has 0 fully saturated rings. The van der Waals surface area contributed by atoms with Gasteiger partial charge in [0.1, 0.15) is 0 Å². The van der Waals surface area contributed by atoms with Gasteiger partial charge in [-0.2, -0.15) is 4.89 Å². The molecule has 0 aliphatic carbocycles. The average Bonchev–Trinajstić information content (AvgIpc) is 2.58. The van der Waals surface area contributed by atoms with Gasteiger partial charge in [-0.15, -0.1) is 0 Å². The number of aliphatic carboxylic acids is 1. The fraction of sp³-hybridized carbons (Fsp3) is 0.800. The molecule has 34 heavy (non-hydrogen) atoms. The minimum absolute atomic E-state index is 0.225. The second-order valence-corrected chi connectivity index (χ2v) is 8.73. The molecule has 0 aromatic heterocycles. The zero-order valence-electron chi connectivity index (χ0n) is 21.5. The van der Waals surface area contributed by atoms with Crippen molar-refractivity contribution in [3.05, 3.63) is 0 Å². The summed E-state index contributed by atoms with van der Waals surface area (Å²) >= 11 is 0. The molecule has 0 heterocycles. The first kappa shape index (κ1) is 35.9. The van der Waals surface area contributed by atoms with Crippen LogP contribution in [0.1, 0.15) is 69.2 Å². The maximum Gasteiger partial charge on any atom is 0.542 e. The van der Waals surface area contributed by atoms with Crippen molar-refractivity contribution in [2.75, 3.05) is 7.11 Å². The highest BCUT2D eigenvalue weighted by atomic mass is 17.5. The third kappa shape index (κ3) is 29.3. The van der Waals surface area contributed by atoms with Crippen LogP contribution in [0.25, 0.3) is 0 Å². The largest absolute Gasteiger partial charge is 0.542 e. The number of esters is 1. The van der Waals surface area contributed by atoms with Gasteiger partial charge in [0, 0.05) is 0 Å². The molecular weight excluding hydrogens is 464 g/mol. The lowest BCUT2D eigenvalue weighted by Gasteiger charge is -2.19. The Morgan fingerprint density at radius 1 is 0.735 bits per heavy atom. The molecule has 0 radical (unpaired) electrons. The molecule has 14 nitrogen and oxygen atoms in total. The van der Waals surface area contributed by atoms with Crippen LogP contribution in [0.5, 0.6) is 0 Å². The van der Waals surface area contributed by atoms with Crippen molar-refractivity contribution in [2.45, 2.75) is 98.8 Å². The Kier molecular flexibility index (Phi) is 18.7. The van der Waals surface area contributed by atoms with E-state index in [9.17, 15) is 19.2 Å². The summed E-state index contributed by atoms with van der Waals surface area (Å²) in [5.41, 5.74) is -1.22. The molecule has 2 N–H and O–H groups in total. The maximum absolute atomic E-state index is 10.9. The van der Waals surface area contributed by atoms with Crippen molar-refractivity contribution in [3.63, 3.8) is 0 Å². The number of carbonyl (C=O) groups excluding carboxylic acids is 2. The lowest BCUT2D eigenvalue weighted by molar-refractivity contribution is -0.514. The van der Waals surface area contributed by atoms with Gasteiger partial charge in [0.2, 0.25) is 0 Å². The Labute approximate surface area is 199 Å². The lowest BCUT2D eigenvalue weighted by Crippen LogP contribution is -2.36. The summed E-state index contributed by atoms with van der Waals surface area (Å²) in [4.78, 5) is 59.6. The van der Waals surface area contributed by atoms with Gasteiger partial charge < -0.3 is 24.4 Å². The maximum atomic E-state index is 10.9. The van der Waals surface area contributed by atoms with Gasteiger partial charge in [0.25, 0.3) is 6.10 Å². The van der Waals surface area contributed by atoms with Crippen LogP contribution in [0.3, 0.4) is 0 Å². The van der Waals surface area contributed by atoms with Gasteiger partial charge in [0.05, 0.1) is 30.5 Å². The van der Waals surface area contributed by atoms with E-state index in [1.54, 1.807) is 69.2 Å². The molecule has 14 heteroatoms. The highest BCUT2D eigenvalue weighted by molar-refractivity contribution is 5.96. The Morgan fingerprint density at radius 2 is 1.18 bits per heavy atom. The Bertz CT molecular complexity index is 601. The quantitative estimate of drug-likeness (QED) is 0.161. The molecular formula is C20H38O14. The molecule has 202 valence electrons. The number of hydrogen-bond acceptors (Lipinski definition) is 12. The minimum Gasteiger partial charge on any atom is -0.479 e. The number of hydrogen-bond donors (Lipinski definition) is 2. The first-order chi connectivity index (χ1) is 15.2. The molecule has 0 aliphatic rings. The molecule has 1 atom stereocenters. The van der Waals surface area contributed by atoms with E-state index < -0.39 is 41.6 Å². The lowest BCUT2D eigenvalue weighted by atomic mass is 10.2. The number of carboxylic acids is 1. The van der Waals surface area contributed by atoms with Gasteiger partial charge in [-0.3, -0.25) is 0 Å². The van der Waals surface area contributed by atoms with E-state index in [1.165, 1.54) is 0 Å². The number of carboxylic acid groups (broad SMARTS) is 2. The fourth-order valence-corrected chi connectivity index (χ4v) is 1.04. The summed E-state index contributed by atoms with van der Waals surface area (Å²) in [5, 5.41) is 20.6. The van der Waals surface area contributed by atoms with Crippen molar-refractivity contribution in [1.82, 2.24) is 0 Å². The number of methoxy groups -OCH3 is 1. The van der Waals surface area contributed by atoms with E-state index in [0.717, 1.165) is 7.11 Å². The van der Waals surface area contributed by atoms with E-state index in [0.29, 0.717) is 0 Å². The summed E-state index contributed by atoms with van der Waals surface area (Å²) in [6.07, 6.45) is -4.35. The van der Waals surface area contributed by atoms with Crippen LogP contribution in [0.4, 0.5) is 9.59 Å². The molecule has 0 saturated carbocycles. The summed E-state index contributed by atoms with van der Waals surface area (Å²) in [7, 11) is 1.07. The van der Waals surface area contributed by atoms with Crippen molar-refractivity contribution in [1.29, 1.82) is 0 Å². The van der Waals surface area contributed by atoms with Crippen molar-refractivity contribution >= 4 is 24.2 Å².